The number of amides is 1. The van der Waals surface area contributed by atoms with E-state index in [1.165, 1.54) is 4.90 Å². The topological polar surface area (TPSA) is 66.8 Å². The Morgan fingerprint density at radius 1 is 1.53 bits per heavy atom. The molecule has 3 unspecified atom stereocenters. The third kappa shape index (κ3) is 3.43. The van der Waals surface area contributed by atoms with Gasteiger partial charge in [0.1, 0.15) is 6.54 Å². The number of hydrogen-bond acceptors (Lipinski definition) is 3. The molecule has 1 amide bonds. The van der Waals surface area contributed by atoms with Gasteiger partial charge in [0.2, 0.25) is 5.91 Å². The van der Waals surface area contributed by atoms with E-state index in [0.717, 1.165) is 6.42 Å². The van der Waals surface area contributed by atoms with Crippen LogP contribution < -0.4 is 0 Å². The van der Waals surface area contributed by atoms with Crippen molar-refractivity contribution in [3.05, 3.63) is 0 Å². The second kappa shape index (κ2) is 6.00. The first-order valence-electron chi connectivity index (χ1n) is 6.11. The van der Waals surface area contributed by atoms with Crippen LogP contribution in [0.25, 0.3) is 0 Å². The van der Waals surface area contributed by atoms with Crippen LogP contribution in [0.4, 0.5) is 0 Å². The molecular weight excluding hydrogens is 222 g/mol. The third-order valence-electron chi connectivity index (χ3n) is 3.40. The standard InChI is InChI=1S/C12H21NO4/c1-4-8(2)13(7-11(14)15)12(16)10-5-6-17-9(10)3/h8-10H,4-7H2,1-3H3,(H,14,15). The van der Waals surface area contributed by atoms with Gasteiger partial charge in [0, 0.05) is 12.6 Å². The van der Waals surface area contributed by atoms with Gasteiger partial charge in [0.15, 0.2) is 0 Å². The lowest BCUT2D eigenvalue weighted by Gasteiger charge is -2.30. The molecule has 1 fully saturated rings. The van der Waals surface area contributed by atoms with Crippen LogP contribution in [0, 0.1) is 5.92 Å². The Kier molecular flexibility index (Phi) is 4.93. The van der Waals surface area contributed by atoms with E-state index in [0.29, 0.717) is 13.0 Å². The lowest BCUT2D eigenvalue weighted by Crippen LogP contribution is -2.46. The maximum atomic E-state index is 12.3. The van der Waals surface area contributed by atoms with Gasteiger partial charge in [-0.25, -0.2) is 0 Å². The molecular formula is C12H21NO4. The second-order valence-corrected chi connectivity index (χ2v) is 4.59. The third-order valence-corrected chi connectivity index (χ3v) is 3.40. The number of aliphatic carboxylic acids is 1. The Balaban J connectivity index is 2.74. The number of carbonyl (C=O) groups excluding carboxylic acids is 1. The molecule has 5 nitrogen and oxygen atoms in total. The van der Waals surface area contributed by atoms with Crippen LogP contribution >= 0.6 is 0 Å². The Bertz CT molecular complexity index is 292. The van der Waals surface area contributed by atoms with Crippen molar-refractivity contribution in [3.63, 3.8) is 0 Å². The van der Waals surface area contributed by atoms with Gasteiger partial charge in [0.05, 0.1) is 12.0 Å². The van der Waals surface area contributed by atoms with E-state index in [4.69, 9.17) is 9.84 Å². The molecule has 1 heterocycles. The fourth-order valence-electron chi connectivity index (χ4n) is 2.09. The van der Waals surface area contributed by atoms with Gasteiger partial charge in [-0.2, -0.15) is 0 Å². The summed E-state index contributed by atoms with van der Waals surface area (Å²) in [5, 5.41) is 8.86. The van der Waals surface area contributed by atoms with E-state index < -0.39 is 5.97 Å². The Labute approximate surface area is 102 Å². The molecule has 1 aliphatic rings. The van der Waals surface area contributed by atoms with Crippen molar-refractivity contribution in [3.8, 4) is 0 Å². The quantitative estimate of drug-likeness (QED) is 0.785. The Morgan fingerprint density at radius 3 is 2.59 bits per heavy atom. The number of carbonyl (C=O) groups is 2. The first-order chi connectivity index (χ1) is 7.97. The van der Waals surface area contributed by atoms with E-state index in [-0.39, 0.29) is 30.5 Å². The van der Waals surface area contributed by atoms with Crippen LogP contribution in [0.3, 0.4) is 0 Å². The lowest BCUT2D eigenvalue weighted by atomic mass is 9.99. The summed E-state index contributed by atoms with van der Waals surface area (Å²) >= 11 is 0. The van der Waals surface area contributed by atoms with E-state index in [2.05, 4.69) is 0 Å². The molecule has 3 atom stereocenters. The average Bonchev–Trinajstić information content (AvgIpc) is 2.70. The summed E-state index contributed by atoms with van der Waals surface area (Å²) in [7, 11) is 0. The minimum absolute atomic E-state index is 0.0496. The van der Waals surface area contributed by atoms with Crippen LogP contribution in [-0.2, 0) is 14.3 Å². The maximum Gasteiger partial charge on any atom is 0.323 e. The molecule has 1 N–H and O–H groups in total. The van der Waals surface area contributed by atoms with Gasteiger partial charge < -0.3 is 14.7 Å². The zero-order valence-electron chi connectivity index (χ0n) is 10.7. The summed E-state index contributed by atoms with van der Waals surface area (Å²) < 4.78 is 5.36. The number of hydrogen-bond donors (Lipinski definition) is 1. The summed E-state index contributed by atoms with van der Waals surface area (Å²) in [5.41, 5.74) is 0. The first kappa shape index (κ1) is 14.0. The van der Waals surface area contributed by atoms with Crippen molar-refractivity contribution < 1.29 is 19.4 Å². The zero-order chi connectivity index (χ0) is 13.0. The van der Waals surface area contributed by atoms with Crippen LogP contribution in [0.2, 0.25) is 0 Å². The smallest absolute Gasteiger partial charge is 0.323 e. The fourth-order valence-corrected chi connectivity index (χ4v) is 2.09. The molecule has 0 aromatic carbocycles. The molecule has 17 heavy (non-hydrogen) atoms. The highest BCUT2D eigenvalue weighted by Crippen LogP contribution is 2.24. The molecule has 1 aliphatic heterocycles. The molecule has 98 valence electrons. The van der Waals surface area contributed by atoms with Gasteiger partial charge >= 0.3 is 5.97 Å². The van der Waals surface area contributed by atoms with Crippen LogP contribution in [0.5, 0.6) is 0 Å². The molecule has 0 radical (unpaired) electrons. The lowest BCUT2D eigenvalue weighted by molar-refractivity contribution is -0.149. The minimum atomic E-state index is -0.967. The molecule has 0 aromatic heterocycles. The van der Waals surface area contributed by atoms with Crippen molar-refractivity contribution in [2.24, 2.45) is 5.92 Å². The summed E-state index contributed by atoms with van der Waals surface area (Å²) in [6.07, 6.45) is 1.33. The molecule has 0 spiro atoms. The number of ether oxygens (including phenoxy) is 1. The average molecular weight is 243 g/mol. The van der Waals surface area contributed by atoms with Crippen LogP contribution in [-0.4, -0.2) is 47.2 Å². The molecule has 0 bridgehead atoms. The highest BCUT2D eigenvalue weighted by atomic mass is 16.5. The number of carboxylic acids is 1. The van der Waals surface area contributed by atoms with Crippen molar-refractivity contribution in [1.29, 1.82) is 0 Å². The highest BCUT2D eigenvalue weighted by Gasteiger charge is 2.35. The normalized spacial score (nSPS) is 25.6. The second-order valence-electron chi connectivity index (χ2n) is 4.59. The molecule has 0 aromatic rings. The largest absolute Gasteiger partial charge is 0.480 e. The number of nitrogens with zero attached hydrogens (tertiary/aromatic N) is 1. The van der Waals surface area contributed by atoms with Crippen molar-refractivity contribution in [2.75, 3.05) is 13.2 Å². The Hall–Kier alpha value is -1.10. The van der Waals surface area contributed by atoms with Gasteiger partial charge in [-0.3, -0.25) is 9.59 Å². The molecule has 0 saturated carbocycles. The van der Waals surface area contributed by atoms with Gasteiger partial charge in [-0.05, 0) is 26.7 Å². The summed E-state index contributed by atoms with van der Waals surface area (Å²) in [4.78, 5) is 24.5. The maximum absolute atomic E-state index is 12.3. The predicted octanol–water partition coefficient (Wildman–Crippen LogP) is 1.12. The molecule has 0 aliphatic carbocycles. The first-order valence-corrected chi connectivity index (χ1v) is 6.11. The minimum Gasteiger partial charge on any atom is -0.480 e. The van der Waals surface area contributed by atoms with Gasteiger partial charge in [0.25, 0.3) is 0 Å². The number of carboxylic acid groups (broad SMARTS) is 1. The van der Waals surface area contributed by atoms with E-state index >= 15 is 0 Å². The van der Waals surface area contributed by atoms with Crippen LogP contribution in [0.15, 0.2) is 0 Å². The van der Waals surface area contributed by atoms with Crippen molar-refractivity contribution >= 4 is 11.9 Å². The van der Waals surface area contributed by atoms with Gasteiger partial charge in [-0.15, -0.1) is 0 Å². The summed E-state index contributed by atoms with van der Waals surface area (Å²) in [5.74, 6) is -1.25. The summed E-state index contributed by atoms with van der Waals surface area (Å²) in [6.45, 7) is 6.05. The SMILES string of the molecule is CCC(C)N(CC(=O)O)C(=O)C1CCOC1C. The van der Waals surface area contributed by atoms with Crippen molar-refractivity contribution in [2.45, 2.75) is 45.8 Å². The fraction of sp³-hybridized carbons (Fsp3) is 0.833. The molecule has 1 rings (SSSR count). The predicted molar refractivity (Wildman–Crippen MR) is 62.6 cm³/mol. The van der Waals surface area contributed by atoms with Crippen molar-refractivity contribution in [1.82, 2.24) is 4.90 Å². The van der Waals surface area contributed by atoms with E-state index in [1.54, 1.807) is 0 Å². The summed E-state index contributed by atoms with van der Waals surface area (Å²) in [6, 6.07) is -0.0496. The molecule has 5 heteroatoms. The van der Waals surface area contributed by atoms with Gasteiger partial charge in [-0.1, -0.05) is 6.92 Å². The van der Waals surface area contributed by atoms with E-state index in [9.17, 15) is 9.59 Å². The molecule has 1 saturated heterocycles. The highest BCUT2D eigenvalue weighted by molar-refractivity contribution is 5.84. The van der Waals surface area contributed by atoms with E-state index in [1.807, 2.05) is 20.8 Å². The Morgan fingerprint density at radius 2 is 2.18 bits per heavy atom. The number of rotatable bonds is 5. The monoisotopic (exact) mass is 243 g/mol. The zero-order valence-corrected chi connectivity index (χ0v) is 10.7. The van der Waals surface area contributed by atoms with Crippen LogP contribution in [0.1, 0.15) is 33.6 Å².